The summed E-state index contributed by atoms with van der Waals surface area (Å²) in [6.45, 7) is 1.89. The van der Waals surface area contributed by atoms with Crippen LogP contribution in [0.1, 0.15) is 10.7 Å². The first-order valence-electron chi connectivity index (χ1n) is 4.47. The molecule has 2 N–H and O–H groups in total. The second-order valence-corrected chi connectivity index (χ2v) is 3.94. The van der Waals surface area contributed by atoms with E-state index < -0.39 is 11.8 Å². The fraction of sp³-hybridized carbons (Fsp3) is 0.333. The van der Waals surface area contributed by atoms with Gasteiger partial charge in [-0.1, -0.05) is 0 Å². The minimum atomic E-state index is -0.812. The Hall–Kier alpha value is -1.94. The topological polar surface area (TPSA) is 94.9 Å². The molecule has 7 heteroatoms. The molecular formula is C9H10N4O2S. The van der Waals surface area contributed by atoms with Gasteiger partial charge in [-0.05, 0) is 6.92 Å². The SMILES string of the molecule is Cc1nc(CNC(=O)C(=O)NCC#N)cs1. The molecular weight excluding hydrogens is 228 g/mol. The van der Waals surface area contributed by atoms with Gasteiger partial charge in [0.1, 0.15) is 6.54 Å². The van der Waals surface area contributed by atoms with Gasteiger partial charge in [0.25, 0.3) is 0 Å². The van der Waals surface area contributed by atoms with Crippen LogP contribution < -0.4 is 10.6 Å². The highest BCUT2D eigenvalue weighted by molar-refractivity contribution is 7.09. The van der Waals surface area contributed by atoms with Gasteiger partial charge in [0.15, 0.2) is 0 Å². The number of nitrogens with zero attached hydrogens (tertiary/aromatic N) is 2. The number of nitrogens with one attached hydrogen (secondary N) is 2. The lowest BCUT2D eigenvalue weighted by molar-refractivity contribution is -0.139. The van der Waals surface area contributed by atoms with E-state index in [2.05, 4.69) is 15.6 Å². The third-order valence-corrected chi connectivity index (χ3v) is 2.45. The van der Waals surface area contributed by atoms with Gasteiger partial charge in [0.05, 0.1) is 23.3 Å². The Morgan fingerprint density at radius 2 is 2.19 bits per heavy atom. The fourth-order valence-electron chi connectivity index (χ4n) is 0.941. The summed E-state index contributed by atoms with van der Waals surface area (Å²) < 4.78 is 0. The first-order valence-corrected chi connectivity index (χ1v) is 5.35. The lowest BCUT2D eigenvalue weighted by Crippen LogP contribution is -2.39. The third kappa shape index (κ3) is 3.67. The third-order valence-electron chi connectivity index (χ3n) is 1.63. The minimum Gasteiger partial charge on any atom is -0.342 e. The van der Waals surface area contributed by atoms with Crippen molar-refractivity contribution in [3.8, 4) is 6.07 Å². The largest absolute Gasteiger partial charge is 0.342 e. The molecule has 1 aromatic rings. The van der Waals surface area contributed by atoms with Crippen LogP contribution in [0.3, 0.4) is 0 Å². The van der Waals surface area contributed by atoms with Gasteiger partial charge in [-0.2, -0.15) is 5.26 Å². The van der Waals surface area contributed by atoms with Crippen molar-refractivity contribution in [1.82, 2.24) is 15.6 Å². The summed E-state index contributed by atoms with van der Waals surface area (Å²) in [4.78, 5) is 26.3. The zero-order chi connectivity index (χ0) is 12.0. The number of hydrogen-bond donors (Lipinski definition) is 2. The van der Waals surface area contributed by atoms with Crippen molar-refractivity contribution >= 4 is 23.2 Å². The van der Waals surface area contributed by atoms with Crippen LogP contribution in [-0.2, 0) is 16.1 Å². The first kappa shape index (κ1) is 12.1. The molecule has 0 aliphatic rings. The quantitative estimate of drug-likeness (QED) is 0.558. The van der Waals surface area contributed by atoms with Gasteiger partial charge in [-0.3, -0.25) is 9.59 Å². The molecule has 0 fully saturated rings. The van der Waals surface area contributed by atoms with Gasteiger partial charge >= 0.3 is 11.8 Å². The minimum absolute atomic E-state index is 0.179. The Morgan fingerprint density at radius 1 is 1.50 bits per heavy atom. The highest BCUT2D eigenvalue weighted by atomic mass is 32.1. The molecule has 84 valence electrons. The summed E-state index contributed by atoms with van der Waals surface area (Å²) >= 11 is 1.47. The number of thiazole rings is 1. The van der Waals surface area contributed by atoms with E-state index in [9.17, 15) is 9.59 Å². The molecule has 1 rings (SSSR count). The van der Waals surface area contributed by atoms with Crippen LogP contribution in [0.4, 0.5) is 0 Å². The maximum absolute atomic E-state index is 11.2. The maximum atomic E-state index is 11.2. The lowest BCUT2D eigenvalue weighted by Gasteiger charge is -2.01. The molecule has 1 heterocycles. The Kier molecular flexibility index (Phi) is 4.42. The van der Waals surface area contributed by atoms with E-state index in [0.29, 0.717) is 5.69 Å². The summed E-state index contributed by atoms with van der Waals surface area (Å²) in [7, 11) is 0. The standard InChI is InChI=1S/C9H10N4O2S/c1-6-13-7(5-16-6)4-12-9(15)8(14)11-3-2-10/h5H,3-4H2,1H3,(H,11,14)(H,12,15). The molecule has 0 radical (unpaired) electrons. The number of aryl methyl sites for hydroxylation is 1. The number of carbonyl (C=O) groups excluding carboxylic acids is 2. The van der Waals surface area contributed by atoms with Gasteiger partial charge in [-0.15, -0.1) is 11.3 Å². The smallest absolute Gasteiger partial charge is 0.310 e. The van der Waals surface area contributed by atoms with Crippen molar-refractivity contribution in [2.75, 3.05) is 6.54 Å². The van der Waals surface area contributed by atoms with Crippen molar-refractivity contribution < 1.29 is 9.59 Å². The van der Waals surface area contributed by atoms with Crippen LogP contribution in [-0.4, -0.2) is 23.3 Å². The van der Waals surface area contributed by atoms with Crippen molar-refractivity contribution in [2.45, 2.75) is 13.5 Å². The van der Waals surface area contributed by atoms with E-state index >= 15 is 0 Å². The summed E-state index contributed by atoms with van der Waals surface area (Å²) in [6, 6.07) is 1.71. The highest BCUT2D eigenvalue weighted by Crippen LogP contribution is 2.06. The molecule has 0 bridgehead atoms. The number of rotatable bonds is 3. The van der Waals surface area contributed by atoms with Crippen LogP contribution in [0.5, 0.6) is 0 Å². The summed E-state index contributed by atoms with van der Waals surface area (Å²) in [5, 5.41) is 15.5. The van der Waals surface area contributed by atoms with Gasteiger partial charge in [0.2, 0.25) is 0 Å². The number of hydrogen-bond acceptors (Lipinski definition) is 5. The molecule has 0 unspecified atom stereocenters. The van der Waals surface area contributed by atoms with Crippen LogP contribution >= 0.6 is 11.3 Å². The van der Waals surface area contributed by atoms with E-state index in [1.807, 2.05) is 12.3 Å². The van der Waals surface area contributed by atoms with Gasteiger partial charge in [0, 0.05) is 5.38 Å². The number of aromatic nitrogens is 1. The Labute approximate surface area is 96.3 Å². The fourth-order valence-corrected chi connectivity index (χ4v) is 1.55. The molecule has 6 nitrogen and oxygen atoms in total. The maximum Gasteiger partial charge on any atom is 0.310 e. The van der Waals surface area contributed by atoms with E-state index in [4.69, 9.17) is 5.26 Å². The van der Waals surface area contributed by atoms with E-state index in [1.165, 1.54) is 11.3 Å². The Bertz CT molecular complexity index is 435. The molecule has 0 aromatic carbocycles. The predicted octanol–water partition coefficient (Wildman–Crippen LogP) is -0.292. The number of nitriles is 1. The molecule has 1 aromatic heterocycles. The Balaban J connectivity index is 2.35. The average Bonchev–Trinajstić information content (AvgIpc) is 2.68. The highest BCUT2D eigenvalue weighted by Gasteiger charge is 2.12. The monoisotopic (exact) mass is 238 g/mol. The summed E-state index contributed by atoms with van der Waals surface area (Å²) in [5.74, 6) is -1.57. The molecule has 0 aliphatic heterocycles. The molecule has 0 atom stereocenters. The summed E-state index contributed by atoms with van der Waals surface area (Å²) in [6.07, 6.45) is 0. The number of carbonyl (C=O) groups is 2. The zero-order valence-electron chi connectivity index (χ0n) is 8.61. The van der Waals surface area contributed by atoms with Crippen molar-refractivity contribution in [3.05, 3.63) is 16.1 Å². The molecule has 16 heavy (non-hydrogen) atoms. The van der Waals surface area contributed by atoms with E-state index in [0.717, 1.165) is 5.01 Å². The first-order chi connectivity index (χ1) is 7.63. The molecule has 2 amide bonds. The lowest BCUT2D eigenvalue weighted by atomic mass is 10.4. The average molecular weight is 238 g/mol. The van der Waals surface area contributed by atoms with Crippen molar-refractivity contribution in [1.29, 1.82) is 5.26 Å². The van der Waals surface area contributed by atoms with E-state index in [-0.39, 0.29) is 13.1 Å². The van der Waals surface area contributed by atoms with Crippen molar-refractivity contribution in [3.63, 3.8) is 0 Å². The van der Waals surface area contributed by atoms with Gasteiger partial charge in [-0.25, -0.2) is 4.98 Å². The van der Waals surface area contributed by atoms with Crippen molar-refractivity contribution in [2.24, 2.45) is 0 Å². The van der Waals surface area contributed by atoms with Crippen LogP contribution in [0.25, 0.3) is 0 Å². The number of amides is 2. The summed E-state index contributed by atoms with van der Waals surface area (Å²) in [5.41, 5.74) is 0.712. The van der Waals surface area contributed by atoms with Gasteiger partial charge < -0.3 is 10.6 Å². The molecule has 0 aliphatic carbocycles. The zero-order valence-corrected chi connectivity index (χ0v) is 9.43. The van der Waals surface area contributed by atoms with Crippen LogP contribution in [0.2, 0.25) is 0 Å². The predicted molar refractivity (Wildman–Crippen MR) is 57.3 cm³/mol. The Morgan fingerprint density at radius 3 is 2.75 bits per heavy atom. The molecule has 0 saturated carbocycles. The van der Waals surface area contributed by atoms with Crippen LogP contribution in [0.15, 0.2) is 5.38 Å². The van der Waals surface area contributed by atoms with E-state index in [1.54, 1.807) is 6.07 Å². The second kappa shape index (κ2) is 5.82. The molecule has 0 spiro atoms. The second-order valence-electron chi connectivity index (χ2n) is 2.88. The molecule has 0 saturated heterocycles. The van der Waals surface area contributed by atoms with Crippen LogP contribution in [0, 0.1) is 18.3 Å². The normalized spacial score (nSPS) is 9.25.